The van der Waals surface area contributed by atoms with E-state index in [0.29, 0.717) is 0 Å². The highest BCUT2D eigenvalue weighted by Gasteiger charge is 2.21. The first-order chi connectivity index (χ1) is 10.2. The second-order valence-electron chi connectivity index (χ2n) is 5.57. The molecule has 21 heavy (non-hydrogen) atoms. The molecule has 0 aliphatic carbocycles. The number of thiazole rings is 1. The van der Waals surface area contributed by atoms with Gasteiger partial charge in [-0.3, -0.25) is 0 Å². The summed E-state index contributed by atoms with van der Waals surface area (Å²) in [5, 5.41) is 1.16. The number of likely N-dealkylation sites (N-methyl/N-ethyl adjacent to an activating group) is 1. The Morgan fingerprint density at radius 1 is 1.19 bits per heavy atom. The van der Waals surface area contributed by atoms with E-state index in [1.54, 1.807) is 23.3 Å². The van der Waals surface area contributed by atoms with Gasteiger partial charge in [-0.1, -0.05) is 0 Å². The minimum atomic E-state index is 0.883. The maximum atomic E-state index is 5.22. The van der Waals surface area contributed by atoms with Gasteiger partial charge in [-0.15, -0.1) is 11.3 Å². The van der Waals surface area contributed by atoms with Gasteiger partial charge in [0.05, 0.1) is 46.0 Å². The third kappa shape index (κ3) is 3.04. The summed E-state index contributed by atoms with van der Waals surface area (Å²) in [7, 11) is 3.95. The SMILES string of the molecule is COc1ccc(-c2nc(N3CC[NH+](C)CC3)sc2C)cc1. The van der Waals surface area contributed by atoms with Gasteiger partial charge < -0.3 is 14.5 Å². The number of benzene rings is 1. The lowest BCUT2D eigenvalue weighted by Crippen LogP contribution is -3.12. The molecule has 4 nitrogen and oxygen atoms in total. The second kappa shape index (κ2) is 6.03. The Morgan fingerprint density at radius 3 is 2.48 bits per heavy atom. The first kappa shape index (κ1) is 14.4. The monoisotopic (exact) mass is 304 g/mol. The van der Waals surface area contributed by atoms with E-state index in [1.165, 1.54) is 18.0 Å². The Morgan fingerprint density at radius 2 is 1.86 bits per heavy atom. The molecule has 1 aromatic carbocycles. The maximum absolute atomic E-state index is 5.22. The molecule has 1 aliphatic heterocycles. The lowest BCUT2D eigenvalue weighted by atomic mass is 10.1. The number of nitrogens with one attached hydrogen (secondary N) is 1. The average molecular weight is 304 g/mol. The van der Waals surface area contributed by atoms with E-state index in [0.717, 1.165) is 35.2 Å². The zero-order valence-corrected chi connectivity index (χ0v) is 13.7. The van der Waals surface area contributed by atoms with Crippen LogP contribution in [0.25, 0.3) is 11.3 Å². The molecule has 112 valence electrons. The van der Waals surface area contributed by atoms with Crippen LogP contribution in [0.3, 0.4) is 0 Å². The third-order valence-corrected chi connectivity index (χ3v) is 5.07. The molecule has 1 N–H and O–H groups in total. The van der Waals surface area contributed by atoms with Gasteiger partial charge in [0.1, 0.15) is 5.75 Å². The zero-order valence-electron chi connectivity index (χ0n) is 12.8. The number of rotatable bonds is 3. The quantitative estimate of drug-likeness (QED) is 0.931. The van der Waals surface area contributed by atoms with Gasteiger partial charge in [0.2, 0.25) is 0 Å². The third-order valence-electron chi connectivity index (χ3n) is 4.04. The lowest BCUT2D eigenvalue weighted by molar-refractivity contribution is -0.880. The largest absolute Gasteiger partial charge is 0.497 e. The number of hydrogen-bond acceptors (Lipinski definition) is 4. The Bertz CT molecular complexity index is 600. The standard InChI is InChI=1S/C16H21N3OS/c1-12-15(13-4-6-14(20-3)7-5-13)17-16(21-12)19-10-8-18(2)9-11-19/h4-7H,8-11H2,1-3H3/p+1. The van der Waals surface area contributed by atoms with Crippen LogP contribution in [-0.4, -0.2) is 45.3 Å². The van der Waals surface area contributed by atoms with Crippen LogP contribution in [0.5, 0.6) is 5.75 Å². The molecular formula is C16H22N3OS+. The van der Waals surface area contributed by atoms with Gasteiger partial charge in [-0.05, 0) is 31.2 Å². The molecule has 1 aromatic heterocycles. The Labute approximate surface area is 130 Å². The van der Waals surface area contributed by atoms with Gasteiger partial charge in [0.25, 0.3) is 0 Å². The van der Waals surface area contributed by atoms with Crippen molar-refractivity contribution in [3.8, 4) is 17.0 Å². The van der Waals surface area contributed by atoms with Crippen molar-refractivity contribution >= 4 is 16.5 Å². The first-order valence-electron chi connectivity index (χ1n) is 7.35. The molecular weight excluding hydrogens is 282 g/mol. The summed E-state index contributed by atoms with van der Waals surface area (Å²) in [6, 6.07) is 8.15. The van der Waals surface area contributed by atoms with Crippen LogP contribution in [0.15, 0.2) is 24.3 Å². The summed E-state index contributed by atoms with van der Waals surface area (Å²) in [6.07, 6.45) is 0. The highest BCUT2D eigenvalue weighted by atomic mass is 32.1. The Kier molecular flexibility index (Phi) is 4.12. The molecule has 0 spiro atoms. The number of methoxy groups -OCH3 is 1. The van der Waals surface area contributed by atoms with Crippen LogP contribution in [-0.2, 0) is 0 Å². The van der Waals surface area contributed by atoms with E-state index in [4.69, 9.17) is 9.72 Å². The van der Waals surface area contributed by atoms with Crippen LogP contribution in [0.1, 0.15) is 4.88 Å². The first-order valence-corrected chi connectivity index (χ1v) is 8.17. The summed E-state index contributed by atoms with van der Waals surface area (Å²) in [4.78, 5) is 10.2. The molecule has 0 radical (unpaired) electrons. The van der Waals surface area contributed by atoms with Crippen molar-refractivity contribution in [2.45, 2.75) is 6.92 Å². The summed E-state index contributed by atoms with van der Waals surface area (Å²) < 4.78 is 5.22. The predicted octanol–water partition coefficient (Wildman–Crippen LogP) is 1.46. The molecule has 1 fully saturated rings. The van der Waals surface area contributed by atoms with Gasteiger partial charge in [-0.2, -0.15) is 0 Å². The number of nitrogens with zero attached hydrogens (tertiary/aromatic N) is 2. The molecule has 1 saturated heterocycles. The number of quaternary nitrogens is 1. The number of piperazine rings is 1. The minimum Gasteiger partial charge on any atom is -0.497 e. The highest BCUT2D eigenvalue weighted by Crippen LogP contribution is 2.33. The fourth-order valence-electron chi connectivity index (χ4n) is 2.61. The van der Waals surface area contributed by atoms with Crippen LogP contribution in [0.4, 0.5) is 5.13 Å². The van der Waals surface area contributed by atoms with E-state index >= 15 is 0 Å². The number of hydrogen-bond donors (Lipinski definition) is 1. The molecule has 5 heteroatoms. The van der Waals surface area contributed by atoms with E-state index in [2.05, 4.69) is 31.0 Å². The van der Waals surface area contributed by atoms with Crippen molar-refractivity contribution in [2.24, 2.45) is 0 Å². The van der Waals surface area contributed by atoms with Crippen LogP contribution >= 0.6 is 11.3 Å². The van der Waals surface area contributed by atoms with Crippen molar-refractivity contribution in [1.82, 2.24) is 4.98 Å². The topological polar surface area (TPSA) is 29.8 Å². The van der Waals surface area contributed by atoms with E-state index in [1.807, 2.05) is 12.1 Å². The van der Waals surface area contributed by atoms with E-state index in [-0.39, 0.29) is 0 Å². The fourth-order valence-corrected chi connectivity index (χ4v) is 3.60. The number of aryl methyl sites for hydroxylation is 1. The summed E-state index contributed by atoms with van der Waals surface area (Å²) in [6.45, 7) is 6.73. The number of anilines is 1. The summed E-state index contributed by atoms with van der Waals surface area (Å²) >= 11 is 1.80. The van der Waals surface area contributed by atoms with Gasteiger partial charge in [-0.25, -0.2) is 4.98 Å². The minimum absolute atomic E-state index is 0.883. The second-order valence-corrected chi connectivity index (χ2v) is 6.76. The molecule has 0 bridgehead atoms. The predicted molar refractivity (Wildman–Crippen MR) is 87.7 cm³/mol. The molecule has 3 rings (SSSR count). The zero-order chi connectivity index (χ0) is 14.8. The van der Waals surface area contributed by atoms with Crippen LogP contribution in [0, 0.1) is 6.92 Å². The van der Waals surface area contributed by atoms with E-state index < -0.39 is 0 Å². The van der Waals surface area contributed by atoms with Crippen molar-refractivity contribution in [2.75, 3.05) is 45.2 Å². The van der Waals surface area contributed by atoms with Gasteiger partial charge in [0, 0.05) is 10.4 Å². The molecule has 0 atom stereocenters. The van der Waals surface area contributed by atoms with Crippen LogP contribution < -0.4 is 14.5 Å². The average Bonchev–Trinajstić information content (AvgIpc) is 2.90. The molecule has 0 saturated carbocycles. The fraction of sp³-hybridized carbons (Fsp3) is 0.438. The normalized spacial score (nSPS) is 16.2. The molecule has 1 aliphatic rings. The lowest BCUT2D eigenvalue weighted by Gasteiger charge is -2.29. The van der Waals surface area contributed by atoms with Gasteiger partial charge >= 0.3 is 0 Å². The number of aromatic nitrogens is 1. The van der Waals surface area contributed by atoms with Crippen molar-refractivity contribution in [1.29, 1.82) is 0 Å². The van der Waals surface area contributed by atoms with Crippen molar-refractivity contribution in [3.63, 3.8) is 0 Å². The smallest absolute Gasteiger partial charge is 0.186 e. The Hall–Kier alpha value is -1.59. The molecule has 2 heterocycles. The highest BCUT2D eigenvalue weighted by molar-refractivity contribution is 7.16. The van der Waals surface area contributed by atoms with Crippen molar-refractivity contribution < 1.29 is 9.64 Å². The molecule has 2 aromatic rings. The molecule has 0 unspecified atom stereocenters. The summed E-state index contributed by atoms with van der Waals surface area (Å²) in [5.74, 6) is 0.883. The Balaban J connectivity index is 1.83. The number of ether oxygens (including phenoxy) is 1. The van der Waals surface area contributed by atoms with E-state index in [9.17, 15) is 0 Å². The molecule has 0 amide bonds. The van der Waals surface area contributed by atoms with Crippen LogP contribution in [0.2, 0.25) is 0 Å². The van der Waals surface area contributed by atoms with Gasteiger partial charge in [0.15, 0.2) is 5.13 Å². The van der Waals surface area contributed by atoms with Crippen molar-refractivity contribution in [3.05, 3.63) is 29.1 Å². The maximum Gasteiger partial charge on any atom is 0.186 e. The summed E-state index contributed by atoms with van der Waals surface area (Å²) in [5.41, 5.74) is 2.26.